The Bertz CT molecular complexity index is 731. The van der Waals surface area contributed by atoms with E-state index in [4.69, 9.17) is 4.42 Å². The van der Waals surface area contributed by atoms with Crippen LogP contribution in [0.5, 0.6) is 0 Å². The van der Waals surface area contributed by atoms with Crippen LogP contribution in [0.15, 0.2) is 28.7 Å². The molecule has 2 aromatic rings. The maximum Gasteiger partial charge on any atom is 0.230 e. The van der Waals surface area contributed by atoms with E-state index in [-0.39, 0.29) is 5.91 Å². The second-order valence-corrected chi connectivity index (χ2v) is 8.39. The molecule has 0 atom stereocenters. The van der Waals surface area contributed by atoms with Gasteiger partial charge in [-0.05, 0) is 57.6 Å². The van der Waals surface area contributed by atoms with Gasteiger partial charge in [0.05, 0.1) is 11.4 Å². The topological polar surface area (TPSA) is 55.1 Å². The highest BCUT2D eigenvalue weighted by Gasteiger charge is 2.19. The lowest BCUT2D eigenvalue weighted by molar-refractivity contribution is -0.119. The zero-order chi connectivity index (χ0) is 18.5. The number of aromatic nitrogens is 1. The third-order valence-electron chi connectivity index (χ3n) is 5.04. The Morgan fingerprint density at radius 2 is 1.88 bits per heavy atom. The maximum absolute atomic E-state index is 12.2. The Morgan fingerprint density at radius 1 is 1.19 bits per heavy atom. The van der Waals surface area contributed by atoms with Crippen molar-refractivity contribution in [2.75, 3.05) is 5.75 Å². The molecule has 0 unspecified atom stereocenters. The molecule has 0 spiro atoms. The molecule has 0 saturated heterocycles. The van der Waals surface area contributed by atoms with Crippen LogP contribution >= 0.6 is 11.8 Å². The first-order valence-corrected chi connectivity index (χ1v) is 10.6. The van der Waals surface area contributed by atoms with E-state index >= 15 is 0 Å². The third-order valence-corrected chi connectivity index (χ3v) is 5.99. The van der Waals surface area contributed by atoms with Crippen LogP contribution in [-0.4, -0.2) is 22.7 Å². The SMILES string of the molecule is Cc1ccc(-c2nc(CSCC(=O)NC3CCC(C)CC3)c(C)o2)cc1. The van der Waals surface area contributed by atoms with Crippen molar-refractivity contribution in [2.45, 2.75) is 58.2 Å². The minimum Gasteiger partial charge on any atom is -0.441 e. The van der Waals surface area contributed by atoms with Gasteiger partial charge in [-0.2, -0.15) is 0 Å². The van der Waals surface area contributed by atoms with Crippen molar-refractivity contribution in [2.24, 2.45) is 5.92 Å². The molecule has 1 N–H and O–H groups in total. The summed E-state index contributed by atoms with van der Waals surface area (Å²) < 4.78 is 5.80. The number of hydrogen-bond donors (Lipinski definition) is 1. The number of aryl methyl sites for hydroxylation is 2. The van der Waals surface area contributed by atoms with E-state index in [0.29, 0.717) is 23.4 Å². The Labute approximate surface area is 160 Å². The predicted molar refractivity (Wildman–Crippen MR) is 107 cm³/mol. The molecular weight excluding hydrogens is 344 g/mol. The first-order valence-electron chi connectivity index (χ1n) is 9.41. The lowest BCUT2D eigenvalue weighted by atomic mass is 9.87. The summed E-state index contributed by atoms with van der Waals surface area (Å²) in [5, 5.41) is 3.17. The highest BCUT2D eigenvalue weighted by molar-refractivity contribution is 7.99. The van der Waals surface area contributed by atoms with E-state index < -0.39 is 0 Å². The second kappa shape index (κ2) is 8.76. The molecule has 1 amide bonds. The number of carbonyl (C=O) groups excluding carboxylic acids is 1. The summed E-state index contributed by atoms with van der Waals surface area (Å²) in [6, 6.07) is 8.52. The van der Waals surface area contributed by atoms with Gasteiger partial charge in [0.1, 0.15) is 5.76 Å². The van der Waals surface area contributed by atoms with E-state index in [1.165, 1.54) is 18.4 Å². The molecular formula is C21H28N2O2S. The number of benzene rings is 1. The van der Waals surface area contributed by atoms with Crippen molar-refractivity contribution in [3.05, 3.63) is 41.3 Å². The first-order chi connectivity index (χ1) is 12.5. The smallest absolute Gasteiger partial charge is 0.230 e. The highest BCUT2D eigenvalue weighted by atomic mass is 32.2. The first kappa shape index (κ1) is 19.0. The number of carbonyl (C=O) groups is 1. The van der Waals surface area contributed by atoms with Crippen molar-refractivity contribution in [1.29, 1.82) is 0 Å². The van der Waals surface area contributed by atoms with Crippen LogP contribution in [0.1, 0.15) is 49.6 Å². The van der Waals surface area contributed by atoms with Crippen molar-refractivity contribution in [3.63, 3.8) is 0 Å². The molecule has 4 nitrogen and oxygen atoms in total. The number of amides is 1. The van der Waals surface area contributed by atoms with Gasteiger partial charge in [-0.25, -0.2) is 4.98 Å². The molecule has 5 heteroatoms. The summed E-state index contributed by atoms with van der Waals surface area (Å²) in [5.41, 5.74) is 3.12. The standard InChI is InChI=1S/C21H28N2O2S/c1-14-4-8-17(9-5-14)21-23-19(16(3)25-21)12-26-13-20(24)22-18-10-6-15(2)7-11-18/h4-5,8-9,15,18H,6-7,10-13H2,1-3H3,(H,22,24). The van der Waals surface area contributed by atoms with Gasteiger partial charge >= 0.3 is 0 Å². The number of oxazole rings is 1. The van der Waals surface area contributed by atoms with Crippen LogP contribution in [0.4, 0.5) is 0 Å². The minimum atomic E-state index is 0.134. The maximum atomic E-state index is 12.2. The number of nitrogens with one attached hydrogen (secondary N) is 1. The number of hydrogen-bond acceptors (Lipinski definition) is 4. The van der Waals surface area contributed by atoms with E-state index in [9.17, 15) is 4.79 Å². The molecule has 1 heterocycles. The van der Waals surface area contributed by atoms with Gasteiger partial charge < -0.3 is 9.73 Å². The minimum absolute atomic E-state index is 0.134. The molecule has 0 bridgehead atoms. The summed E-state index contributed by atoms with van der Waals surface area (Å²) in [6.07, 6.45) is 4.66. The summed E-state index contributed by atoms with van der Waals surface area (Å²) in [5.74, 6) is 3.58. The lowest BCUT2D eigenvalue weighted by Crippen LogP contribution is -2.38. The van der Waals surface area contributed by atoms with Crippen molar-refractivity contribution in [1.82, 2.24) is 10.3 Å². The van der Waals surface area contributed by atoms with Crippen LogP contribution in [0.25, 0.3) is 11.5 Å². The fraction of sp³-hybridized carbons (Fsp3) is 0.524. The fourth-order valence-electron chi connectivity index (χ4n) is 3.30. The molecule has 0 radical (unpaired) electrons. The van der Waals surface area contributed by atoms with Crippen LogP contribution in [0.3, 0.4) is 0 Å². The molecule has 3 rings (SSSR count). The van der Waals surface area contributed by atoms with Gasteiger partial charge in [0.2, 0.25) is 11.8 Å². The molecule has 1 aliphatic rings. The number of rotatable bonds is 6. The zero-order valence-corrected chi connectivity index (χ0v) is 16.7. The molecule has 1 aliphatic carbocycles. The lowest BCUT2D eigenvalue weighted by Gasteiger charge is -2.26. The van der Waals surface area contributed by atoms with Gasteiger partial charge in [-0.15, -0.1) is 11.8 Å². The van der Waals surface area contributed by atoms with E-state index in [1.54, 1.807) is 11.8 Å². The summed E-state index contributed by atoms with van der Waals surface area (Å²) in [6.45, 7) is 6.29. The normalized spacial score (nSPS) is 20.1. The molecule has 26 heavy (non-hydrogen) atoms. The largest absolute Gasteiger partial charge is 0.441 e. The third kappa shape index (κ3) is 5.13. The van der Waals surface area contributed by atoms with Crippen LogP contribution in [0.2, 0.25) is 0 Å². The zero-order valence-electron chi connectivity index (χ0n) is 15.9. The summed E-state index contributed by atoms with van der Waals surface area (Å²) in [7, 11) is 0. The van der Waals surface area contributed by atoms with Crippen molar-refractivity contribution < 1.29 is 9.21 Å². The highest BCUT2D eigenvalue weighted by Crippen LogP contribution is 2.25. The molecule has 1 aromatic carbocycles. The molecule has 140 valence electrons. The van der Waals surface area contributed by atoms with E-state index in [0.717, 1.165) is 35.8 Å². The monoisotopic (exact) mass is 372 g/mol. The Balaban J connectivity index is 1.47. The molecule has 1 saturated carbocycles. The fourth-order valence-corrected chi connectivity index (χ4v) is 4.13. The van der Waals surface area contributed by atoms with Crippen molar-refractivity contribution >= 4 is 17.7 Å². The van der Waals surface area contributed by atoms with Crippen molar-refractivity contribution in [3.8, 4) is 11.5 Å². The second-order valence-electron chi connectivity index (χ2n) is 7.41. The molecule has 1 aromatic heterocycles. The average molecular weight is 373 g/mol. The number of thioether (sulfide) groups is 1. The van der Waals surface area contributed by atoms with Gasteiger partial charge in [-0.3, -0.25) is 4.79 Å². The van der Waals surface area contributed by atoms with Crippen LogP contribution < -0.4 is 5.32 Å². The van der Waals surface area contributed by atoms with Gasteiger partial charge in [0.15, 0.2) is 0 Å². The summed E-state index contributed by atoms with van der Waals surface area (Å²) in [4.78, 5) is 16.8. The molecule has 0 aliphatic heterocycles. The average Bonchev–Trinajstić information content (AvgIpc) is 2.98. The predicted octanol–water partition coefficient (Wildman–Crippen LogP) is 4.89. The number of nitrogens with zero attached hydrogens (tertiary/aromatic N) is 1. The van der Waals surface area contributed by atoms with Gasteiger partial charge in [0.25, 0.3) is 0 Å². The molecule has 1 fully saturated rings. The van der Waals surface area contributed by atoms with E-state index in [1.807, 2.05) is 19.1 Å². The Kier molecular flexibility index (Phi) is 6.41. The van der Waals surface area contributed by atoms with Gasteiger partial charge in [0, 0.05) is 17.4 Å². The summed E-state index contributed by atoms with van der Waals surface area (Å²) >= 11 is 1.59. The van der Waals surface area contributed by atoms with E-state index in [2.05, 4.69) is 36.3 Å². The van der Waals surface area contributed by atoms with Gasteiger partial charge in [-0.1, -0.05) is 24.6 Å². The van der Waals surface area contributed by atoms with Crippen LogP contribution in [-0.2, 0) is 10.5 Å². The quantitative estimate of drug-likeness (QED) is 0.785. The Hall–Kier alpha value is -1.75. The Morgan fingerprint density at radius 3 is 2.58 bits per heavy atom. The van der Waals surface area contributed by atoms with Crippen LogP contribution in [0, 0.1) is 19.8 Å².